The molecule has 90 valence electrons. The Hall–Kier alpha value is -0.860. The number of hydrogen-bond acceptors (Lipinski definition) is 2. The molecule has 0 amide bonds. The molecule has 0 N–H and O–H groups in total. The molecular formula is C14H22O2. The normalized spacial score (nSPS) is 14.7. The van der Waals surface area contributed by atoms with Gasteiger partial charge in [0.25, 0.3) is 0 Å². The summed E-state index contributed by atoms with van der Waals surface area (Å²) in [7, 11) is 1.74. The molecule has 0 aliphatic rings. The first-order valence-electron chi connectivity index (χ1n) is 5.94. The molecule has 0 aliphatic heterocycles. The van der Waals surface area contributed by atoms with Gasteiger partial charge in [-0.05, 0) is 25.3 Å². The zero-order valence-electron chi connectivity index (χ0n) is 10.5. The first-order chi connectivity index (χ1) is 7.76. The van der Waals surface area contributed by atoms with Gasteiger partial charge in [0.1, 0.15) is 0 Å². The van der Waals surface area contributed by atoms with Crippen LogP contribution in [0.5, 0.6) is 0 Å². The van der Waals surface area contributed by atoms with Crippen LogP contribution < -0.4 is 0 Å². The third-order valence-corrected chi connectivity index (χ3v) is 2.78. The van der Waals surface area contributed by atoms with E-state index in [2.05, 4.69) is 26.0 Å². The van der Waals surface area contributed by atoms with E-state index in [1.54, 1.807) is 7.11 Å². The SMILES string of the molecule is CC[C@H](C[C@@H](C)OC)OCc1ccccc1. The molecule has 0 spiro atoms. The maximum Gasteiger partial charge on any atom is 0.0720 e. The Bertz CT molecular complexity index is 271. The summed E-state index contributed by atoms with van der Waals surface area (Å²) < 4.78 is 11.1. The molecular weight excluding hydrogens is 200 g/mol. The van der Waals surface area contributed by atoms with Crippen molar-refractivity contribution in [3.8, 4) is 0 Å². The quantitative estimate of drug-likeness (QED) is 0.704. The third kappa shape index (κ3) is 4.77. The minimum Gasteiger partial charge on any atom is -0.382 e. The molecule has 0 unspecified atom stereocenters. The highest BCUT2D eigenvalue weighted by Crippen LogP contribution is 2.12. The van der Waals surface area contributed by atoms with Crippen molar-refractivity contribution in [1.29, 1.82) is 0 Å². The van der Waals surface area contributed by atoms with Gasteiger partial charge in [-0.25, -0.2) is 0 Å². The van der Waals surface area contributed by atoms with Crippen molar-refractivity contribution in [2.24, 2.45) is 0 Å². The second-order valence-electron chi connectivity index (χ2n) is 4.11. The Morgan fingerprint density at radius 2 is 1.88 bits per heavy atom. The summed E-state index contributed by atoms with van der Waals surface area (Å²) in [6, 6.07) is 10.3. The second-order valence-corrected chi connectivity index (χ2v) is 4.11. The fourth-order valence-corrected chi connectivity index (χ4v) is 1.61. The summed E-state index contributed by atoms with van der Waals surface area (Å²) in [5.41, 5.74) is 1.23. The molecule has 0 saturated heterocycles. The average molecular weight is 222 g/mol. The lowest BCUT2D eigenvalue weighted by atomic mass is 10.1. The van der Waals surface area contributed by atoms with Crippen molar-refractivity contribution in [3.05, 3.63) is 35.9 Å². The highest BCUT2D eigenvalue weighted by atomic mass is 16.5. The monoisotopic (exact) mass is 222 g/mol. The number of benzene rings is 1. The fraction of sp³-hybridized carbons (Fsp3) is 0.571. The fourth-order valence-electron chi connectivity index (χ4n) is 1.61. The highest BCUT2D eigenvalue weighted by Gasteiger charge is 2.11. The van der Waals surface area contributed by atoms with Crippen LogP contribution in [0, 0.1) is 0 Å². The minimum atomic E-state index is 0.265. The van der Waals surface area contributed by atoms with E-state index in [0.29, 0.717) is 6.61 Å². The number of methoxy groups -OCH3 is 1. The molecule has 0 bridgehead atoms. The smallest absolute Gasteiger partial charge is 0.0720 e. The Kier molecular flexibility index (Phi) is 6.12. The average Bonchev–Trinajstić information content (AvgIpc) is 2.35. The first kappa shape index (κ1) is 13.2. The molecule has 0 aliphatic carbocycles. The molecule has 1 rings (SSSR count). The van der Waals surface area contributed by atoms with E-state index in [4.69, 9.17) is 9.47 Å². The van der Waals surface area contributed by atoms with Crippen molar-refractivity contribution in [3.63, 3.8) is 0 Å². The lowest BCUT2D eigenvalue weighted by molar-refractivity contribution is -0.00531. The Morgan fingerprint density at radius 1 is 1.19 bits per heavy atom. The van der Waals surface area contributed by atoms with Gasteiger partial charge in [-0.1, -0.05) is 37.3 Å². The van der Waals surface area contributed by atoms with Crippen molar-refractivity contribution in [2.75, 3.05) is 7.11 Å². The zero-order valence-corrected chi connectivity index (χ0v) is 10.5. The van der Waals surface area contributed by atoms with Gasteiger partial charge in [0.05, 0.1) is 18.8 Å². The van der Waals surface area contributed by atoms with Crippen LogP contribution >= 0.6 is 0 Å². The molecule has 0 aromatic heterocycles. The van der Waals surface area contributed by atoms with Crippen molar-refractivity contribution in [1.82, 2.24) is 0 Å². The van der Waals surface area contributed by atoms with E-state index in [1.165, 1.54) is 5.56 Å². The maximum atomic E-state index is 5.87. The van der Waals surface area contributed by atoms with E-state index < -0.39 is 0 Å². The van der Waals surface area contributed by atoms with Crippen LogP contribution in [-0.4, -0.2) is 19.3 Å². The predicted octanol–water partition coefficient (Wildman–Crippen LogP) is 3.41. The summed E-state index contributed by atoms with van der Waals surface area (Å²) >= 11 is 0. The first-order valence-corrected chi connectivity index (χ1v) is 5.94. The molecule has 16 heavy (non-hydrogen) atoms. The topological polar surface area (TPSA) is 18.5 Å². The molecule has 1 aromatic rings. The number of ether oxygens (including phenoxy) is 2. The van der Waals surface area contributed by atoms with E-state index >= 15 is 0 Å². The lowest BCUT2D eigenvalue weighted by Gasteiger charge is -2.19. The van der Waals surface area contributed by atoms with E-state index in [1.807, 2.05) is 18.2 Å². The van der Waals surface area contributed by atoms with Crippen LogP contribution in [0.15, 0.2) is 30.3 Å². The van der Waals surface area contributed by atoms with Crippen molar-refractivity contribution in [2.45, 2.75) is 45.5 Å². The zero-order chi connectivity index (χ0) is 11.8. The van der Waals surface area contributed by atoms with Crippen LogP contribution in [-0.2, 0) is 16.1 Å². The number of hydrogen-bond donors (Lipinski definition) is 0. The largest absolute Gasteiger partial charge is 0.382 e. The Morgan fingerprint density at radius 3 is 2.44 bits per heavy atom. The summed E-state index contributed by atoms with van der Waals surface area (Å²) in [6.07, 6.45) is 2.54. The summed E-state index contributed by atoms with van der Waals surface area (Å²) in [5.74, 6) is 0. The highest BCUT2D eigenvalue weighted by molar-refractivity contribution is 5.13. The van der Waals surface area contributed by atoms with Gasteiger partial charge in [-0.3, -0.25) is 0 Å². The lowest BCUT2D eigenvalue weighted by Crippen LogP contribution is -2.19. The minimum absolute atomic E-state index is 0.265. The summed E-state index contributed by atoms with van der Waals surface area (Å²) in [6.45, 7) is 4.92. The van der Waals surface area contributed by atoms with E-state index in [-0.39, 0.29) is 12.2 Å². The summed E-state index contributed by atoms with van der Waals surface area (Å²) in [4.78, 5) is 0. The van der Waals surface area contributed by atoms with Gasteiger partial charge >= 0.3 is 0 Å². The van der Waals surface area contributed by atoms with Gasteiger partial charge in [-0.2, -0.15) is 0 Å². The molecule has 0 fully saturated rings. The van der Waals surface area contributed by atoms with Gasteiger partial charge < -0.3 is 9.47 Å². The van der Waals surface area contributed by atoms with Crippen LogP contribution in [0.25, 0.3) is 0 Å². The van der Waals surface area contributed by atoms with Crippen molar-refractivity contribution < 1.29 is 9.47 Å². The molecule has 2 nitrogen and oxygen atoms in total. The third-order valence-electron chi connectivity index (χ3n) is 2.78. The Balaban J connectivity index is 2.34. The molecule has 0 heterocycles. The van der Waals surface area contributed by atoms with E-state index in [9.17, 15) is 0 Å². The van der Waals surface area contributed by atoms with Gasteiger partial charge in [0.2, 0.25) is 0 Å². The molecule has 0 saturated carbocycles. The molecule has 2 heteroatoms. The van der Waals surface area contributed by atoms with Crippen LogP contribution in [0.2, 0.25) is 0 Å². The molecule has 1 aromatic carbocycles. The predicted molar refractivity (Wildman–Crippen MR) is 66.4 cm³/mol. The van der Waals surface area contributed by atoms with E-state index in [0.717, 1.165) is 12.8 Å². The maximum absolute atomic E-state index is 5.87. The van der Waals surface area contributed by atoms with Gasteiger partial charge in [0, 0.05) is 7.11 Å². The standard InChI is InChI=1S/C14H22O2/c1-4-14(10-12(2)15-3)16-11-13-8-6-5-7-9-13/h5-9,12,14H,4,10-11H2,1-3H3/t12-,14-/m1/s1. The van der Waals surface area contributed by atoms with Crippen LogP contribution in [0.3, 0.4) is 0 Å². The molecule has 2 atom stereocenters. The van der Waals surface area contributed by atoms with Crippen molar-refractivity contribution >= 4 is 0 Å². The number of rotatable bonds is 7. The summed E-state index contributed by atoms with van der Waals surface area (Å²) in [5, 5.41) is 0. The van der Waals surface area contributed by atoms with Gasteiger partial charge in [-0.15, -0.1) is 0 Å². The second kappa shape index (κ2) is 7.42. The van der Waals surface area contributed by atoms with Crippen LogP contribution in [0.4, 0.5) is 0 Å². The Labute approximate surface area is 98.6 Å². The van der Waals surface area contributed by atoms with Gasteiger partial charge in [0.15, 0.2) is 0 Å². The molecule has 0 radical (unpaired) electrons. The van der Waals surface area contributed by atoms with Crippen LogP contribution in [0.1, 0.15) is 32.3 Å².